The SMILES string of the molecule is C=Cc1ccn(S(=O)(=O)c2ccccc2)c1N=C. The quantitative estimate of drug-likeness (QED) is 0.794. The highest BCUT2D eigenvalue weighted by Crippen LogP contribution is 2.26. The lowest BCUT2D eigenvalue weighted by Gasteiger charge is -2.07. The molecule has 18 heavy (non-hydrogen) atoms. The normalized spacial score (nSPS) is 11.1. The Hall–Kier alpha value is -2.14. The Morgan fingerprint density at radius 2 is 1.83 bits per heavy atom. The molecule has 0 aliphatic carbocycles. The lowest BCUT2D eigenvalue weighted by atomic mass is 10.3. The summed E-state index contributed by atoms with van der Waals surface area (Å²) in [6.07, 6.45) is 2.99. The smallest absolute Gasteiger partial charge is 0.245 e. The molecule has 0 bridgehead atoms. The van der Waals surface area contributed by atoms with Crippen LogP contribution in [-0.2, 0) is 10.0 Å². The van der Waals surface area contributed by atoms with Gasteiger partial charge in [-0.2, -0.15) is 0 Å². The molecule has 1 aromatic carbocycles. The maximum atomic E-state index is 12.4. The topological polar surface area (TPSA) is 51.4 Å². The monoisotopic (exact) mass is 260 g/mol. The van der Waals surface area contributed by atoms with Gasteiger partial charge in [-0.15, -0.1) is 0 Å². The summed E-state index contributed by atoms with van der Waals surface area (Å²) in [5, 5.41) is 0. The van der Waals surface area contributed by atoms with E-state index < -0.39 is 10.0 Å². The van der Waals surface area contributed by atoms with Crippen LogP contribution >= 0.6 is 0 Å². The van der Waals surface area contributed by atoms with E-state index >= 15 is 0 Å². The van der Waals surface area contributed by atoms with Gasteiger partial charge in [0.05, 0.1) is 4.90 Å². The summed E-state index contributed by atoms with van der Waals surface area (Å²) in [5.41, 5.74) is 0.629. The van der Waals surface area contributed by atoms with Gasteiger partial charge in [-0.1, -0.05) is 30.9 Å². The molecule has 1 heterocycles. The van der Waals surface area contributed by atoms with Crippen molar-refractivity contribution in [3.05, 3.63) is 54.7 Å². The summed E-state index contributed by atoms with van der Waals surface area (Å²) in [4.78, 5) is 3.96. The molecule has 1 aromatic heterocycles. The van der Waals surface area contributed by atoms with Crippen LogP contribution in [0.2, 0.25) is 0 Å². The van der Waals surface area contributed by atoms with Crippen LogP contribution in [0.25, 0.3) is 6.08 Å². The van der Waals surface area contributed by atoms with Gasteiger partial charge in [0.1, 0.15) is 0 Å². The van der Waals surface area contributed by atoms with E-state index in [0.29, 0.717) is 5.56 Å². The Morgan fingerprint density at radius 1 is 1.17 bits per heavy atom. The highest BCUT2D eigenvalue weighted by atomic mass is 32.2. The third-order valence-corrected chi connectivity index (χ3v) is 4.21. The number of nitrogens with zero attached hydrogens (tertiary/aromatic N) is 2. The Bertz CT molecular complexity index is 685. The molecule has 2 aromatic rings. The van der Waals surface area contributed by atoms with Crippen molar-refractivity contribution in [1.29, 1.82) is 0 Å². The minimum absolute atomic E-state index is 0.209. The Morgan fingerprint density at radius 3 is 2.39 bits per heavy atom. The molecule has 0 fully saturated rings. The molecule has 0 unspecified atom stereocenters. The molecule has 0 aliphatic heterocycles. The Balaban J connectivity index is 2.66. The van der Waals surface area contributed by atoms with Crippen LogP contribution < -0.4 is 0 Å². The molecule has 0 spiro atoms. The zero-order valence-electron chi connectivity index (χ0n) is 9.65. The predicted molar refractivity (Wildman–Crippen MR) is 72.8 cm³/mol. The van der Waals surface area contributed by atoms with Crippen LogP contribution in [-0.4, -0.2) is 19.1 Å². The summed E-state index contributed by atoms with van der Waals surface area (Å²) in [6, 6.07) is 9.82. The van der Waals surface area contributed by atoms with E-state index in [9.17, 15) is 8.42 Å². The Kier molecular flexibility index (Phi) is 3.16. The largest absolute Gasteiger partial charge is 0.269 e. The second-order valence-corrected chi connectivity index (χ2v) is 5.39. The van der Waals surface area contributed by atoms with Gasteiger partial charge in [0.2, 0.25) is 0 Å². The molecule has 0 saturated carbocycles. The number of aliphatic imine (C=N–C) groups is 1. The van der Waals surface area contributed by atoms with Gasteiger partial charge in [0.15, 0.2) is 5.82 Å². The van der Waals surface area contributed by atoms with E-state index in [1.807, 2.05) is 0 Å². The van der Waals surface area contributed by atoms with Crippen LogP contribution in [0.1, 0.15) is 5.56 Å². The predicted octanol–water partition coefficient (Wildman–Crippen LogP) is 2.70. The molecule has 92 valence electrons. The van der Waals surface area contributed by atoms with Crippen LogP contribution in [0.3, 0.4) is 0 Å². The van der Waals surface area contributed by atoms with Crippen molar-refractivity contribution in [3.63, 3.8) is 0 Å². The minimum Gasteiger partial charge on any atom is -0.245 e. The van der Waals surface area contributed by atoms with Crippen LogP contribution in [0.15, 0.2) is 59.1 Å². The van der Waals surface area contributed by atoms with Gasteiger partial charge in [-0.25, -0.2) is 17.4 Å². The zero-order chi connectivity index (χ0) is 13.2. The molecule has 5 heteroatoms. The maximum Gasteiger partial charge on any atom is 0.269 e. The fourth-order valence-electron chi connectivity index (χ4n) is 1.64. The van der Waals surface area contributed by atoms with E-state index in [2.05, 4.69) is 18.3 Å². The van der Waals surface area contributed by atoms with Crippen molar-refractivity contribution >= 4 is 28.6 Å². The zero-order valence-corrected chi connectivity index (χ0v) is 10.5. The van der Waals surface area contributed by atoms with E-state index in [1.54, 1.807) is 30.3 Å². The van der Waals surface area contributed by atoms with Gasteiger partial charge in [0.25, 0.3) is 10.0 Å². The number of hydrogen-bond acceptors (Lipinski definition) is 3. The minimum atomic E-state index is -3.64. The number of rotatable bonds is 4. The number of aromatic nitrogens is 1. The maximum absolute atomic E-state index is 12.4. The molecule has 0 saturated heterocycles. The van der Waals surface area contributed by atoms with Crippen LogP contribution in [0.4, 0.5) is 5.82 Å². The summed E-state index contributed by atoms with van der Waals surface area (Å²) >= 11 is 0. The summed E-state index contributed by atoms with van der Waals surface area (Å²) in [5.74, 6) is 0.272. The molecular weight excluding hydrogens is 248 g/mol. The van der Waals surface area contributed by atoms with Crippen molar-refractivity contribution in [1.82, 2.24) is 3.97 Å². The summed E-state index contributed by atoms with van der Waals surface area (Å²) in [7, 11) is -3.64. The lowest BCUT2D eigenvalue weighted by Crippen LogP contribution is -2.11. The van der Waals surface area contributed by atoms with E-state index in [4.69, 9.17) is 0 Å². The number of hydrogen-bond donors (Lipinski definition) is 0. The molecular formula is C13H12N2O2S. The summed E-state index contributed by atoms with van der Waals surface area (Å²) in [6.45, 7) is 7.01. The van der Waals surface area contributed by atoms with Crippen molar-refractivity contribution in [2.24, 2.45) is 4.99 Å². The van der Waals surface area contributed by atoms with E-state index in [0.717, 1.165) is 3.97 Å². The van der Waals surface area contributed by atoms with Crippen molar-refractivity contribution in [3.8, 4) is 0 Å². The third kappa shape index (κ3) is 1.89. The second kappa shape index (κ2) is 4.62. The van der Waals surface area contributed by atoms with Gasteiger partial charge < -0.3 is 0 Å². The molecule has 0 N–H and O–H groups in total. The first-order chi connectivity index (χ1) is 8.61. The first-order valence-corrected chi connectivity index (χ1v) is 6.66. The van der Waals surface area contributed by atoms with Crippen molar-refractivity contribution < 1.29 is 8.42 Å². The average Bonchev–Trinajstić information content (AvgIpc) is 2.83. The standard InChI is InChI=1S/C13H12N2O2S/c1-3-11-9-10-15(13(11)14-2)18(16,17)12-7-5-4-6-8-12/h3-10H,1-2H2. The van der Waals surface area contributed by atoms with E-state index in [1.165, 1.54) is 18.3 Å². The Labute approximate surface area is 106 Å². The highest BCUT2D eigenvalue weighted by Gasteiger charge is 2.20. The first-order valence-electron chi connectivity index (χ1n) is 5.22. The molecule has 0 amide bonds. The van der Waals surface area contributed by atoms with Crippen LogP contribution in [0, 0.1) is 0 Å². The second-order valence-electron chi connectivity index (χ2n) is 3.57. The molecule has 0 aliphatic rings. The van der Waals surface area contributed by atoms with Crippen LogP contribution in [0.5, 0.6) is 0 Å². The van der Waals surface area contributed by atoms with Gasteiger partial charge in [-0.05, 0) is 24.9 Å². The number of benzene rings is 1. The fraction of sp³-hybridized carbons (Fsp3) is 0. The third-order valence-electron chi connectivity index (χ3n) is 2.53. The van der Waals surface area contributed by atoms with E-state index in [-0.39, 0.29) is 10.7 Å². The fourth-order valence-corrected chi connectivity index (χ4v) is 2.98. The van der Waals surface area contributed by atoms with Crippen molar-refractivity contribution in [2.45, 2.75) is 4.90 Å². The molecule has 0 radical (unpaired) electrons. The van der Waals surface area contributed by atoms with Gasteiger partial charge >= 0.3 is 0 Å². The first kappa shape index (κ1) is 12.3. The summed E-state index contributed by atoms with van der Waals surface area (Å²) < 4.78 is 25.9. The molecule has 0 atom stereocenters. The van der Waals surface area contributed by atoms with Gasteiger partial charge in [0, 0.05) is 11.8 Å². The molecule has 2 rings (SSSR count). The highest BCUT2D eigenvalue weighted by molar-refractivity contribution is 7.90. The molecule has 4 nitrogen and oxygen atoms in total. The van der Waals surface area contributed by atoms with Crippen molar-refractivity contribution in [2.75, 3.05) is 0 Å². The lowest BCUT2D eigenvalue weighted by molar-refractivity contribution is 0.588. The average molecular weight is 260 g/mol. The van der Waals surface area contributed by atoms with Gasteiger partial charge in [-0.3, -0.25) is 0 Å².